The van der Waals surface area contributed by atoms with Crippen molar-refractivity contribution in [1.82, 2.24) is 14.3 Å². The van der Waals surface area contributed by atoms with Gasteiger partial charge < -0.3 is 20.6 Å². The third-order valence-electron chi connectivity index (χ3n) is 7.36. The summed E-state index contributed by atoms with van der Waals surface area (Å²) < 4.78 is 27.2. The molecule has 12 heteroatoms. The summed E-state index contributed by atoms with van der Waals surface area (Å²) in [6.45, 7) is 4.68. The van der Waals surface area contributed by atoms with Crippen LogP contribution in [0.15, 0.2) is 77.7 Å². The molecule has 3 aromatic carbocycles. The second kappa shape index (κ2) is 12.4. The number of rotatable bonds is 10. The molecule has 2 aliphatic rings. The molecule has 0 spiro atoms. The lowest BCUT2D eigenvalue weighted by molar-refractivity contribution is -0.110. The number of carboxylic acid groups (broad SMARTS) is 1. The molecule has 220 valence electrons. The van der Waals surface area contributed by atoms with Crippen LogP contribution in [0, 0.1) is 0 Å². The van der Waals surface area contributed by atoms with Gasteiger partial charge in [-0.15, -0.1) is 0 Å². The summed E-state index contributed by atoms with van der Waals surface area (Å²) in [7, 11) is -0.426. The monoisotopic (exact) mass is 591 g/mol. The van der Waals surface area contributed by atoms with Crippen molar-refractivity contribution in [2.24, 2.45) is 0 Å². The van der Waals surface area contributed by atoms with E-state index in [1.54, 1.807) is 18.2 Å². The highest BCUT2D eigenvalue weighted by Crippen LogP contribution is 2.38. The van der Waals surface area contributed by atoms with Crippen LogP contribution in [0.1, 0.15) is 21.5 Å². The van der Waals surface area contributed by atoms with Gasteiger partial charge in [0.2, 0.25) is 0 Å². The number of amides is 1. The number of carbonyl (C=O) groups excluding carboxylic acids is 1. The van der Waals surface area contributed by atoms with Crippen LogP contribution in [-0.4, -0.2) is 93.1 Å². The molecule has 0 atom stereocenters. The molecular formula is C30H33N5O6S. The number of hydroxylamine groups is 1. The number of nitrogens with one attached hydrogen (secondary N) is 2. The molecule has 0 saturated carbocycles. The number of hydrogen-bond acceptors (Lipinski definition) is 8. The molecule has 2 heterocycles. The molecular weight excluding hydrogens is 558 g/mol. The van der Waals surface area contributed by atoms with Crippen molar-refractivity contribution in [2.75, 3.05) is 64.1 Å². The number of nitrogens with zero attached hydrogens (tertiary/aromatic N) is 3. The predicted octanol–water partition coefficient (Wildman–Crippen LogP) is 3.12. The van der Waals surface area contributed by atoms with Crippen LogP contribution in [0.2, 0.25) is 0 Å². The molecule has 0 aliphatic carbocycles. The summed E-state index contributed by atoms with van der Waals surface area (Å²) in [4.78, 5) is 34.7. The van der Waals surface area contributed by atoms with Crippen LogP contribution in [0.4, 0.5) is 11.4 Å². The lowest BCUT2D eigenvalue weighted by atomic mass is 9.99. The average Bonchev–Trinajstić information content (AvgIpc) is 3.32. The molecule has 0 aromatic heterocycles. The van der Waals surface area contributed by atoms with Crippen LogP contribution >= 0.6 is 0 Å². The predicted molar refractivity (Wildman–Crippen MR) is 160 cm³/mol. The quantitative estimate of drug-likeness (QED) is 0.240. The van der Waals surface area contributed by atoms with E-state index in [-0.39, 0.29) is 23.0 Å². The summed E-state index contributed by atoms with van der Waals surface area (Å²) in [5.74, 6) is -1.47. The Balaban J connectivity index is 1.35. The maximum Gasteiger partial charge on any atom is 0.335 e. The minimum Gasteiger partial charge on any atom is -0.478 e. The molecule has 1 saturated heterocycles. The first-order valence-corrected chi connectivity index (χ1v) is 15.0. The van der Waals surface area contributed by atoms with Crippen molar-refractivity contribution in [1.29, 1.82) is 0 Å². The lowest BCUT2D eigenvalue weighted by Crippen LogP contribution is -2.46. The zero-order valence-electron chi connectivity index (χ0n) is 23.4. The molecule has 42 heavy (non-hydrogen) atoms. The van der Waals surface area contributed by atoms with Crippen LogP contribution in [-0.2, 0) is 19.7 Å². The van der Waals surface area contributed by atoms with E-state index in [1.165, 1.54) is 31.3 Å². The van der Waals surface area contributed by atoms with Gasteiger partial charge in [-0.25, -0.2) is 13.2 Å². The van der Waals surface area contributed by atoms with Gasteiger partial charge in [-0.1, -0.05) is 40.9 Å². The fraction of sp³-hybridized carbons (Fsp3) is 0.267. The highest BCUT2D eigenvalue weighted by molar-refractivity contribution is 7.89. The molecule has 11 nitrogen and oxygen atoms in total. The van der Waals surface area contributed by atoms with E-state index in [4.69, 9.17) is 4.84 Å². The van der Waals surface area contributed by atoms with Gasteiger partial charge in [0.25, 0.3) is 15.9 Å². The molecule has 5 rings (SSSR count). The zero-order chi connectivity index (χ0) is 29.9. The minimum atomic E-state index is -3.89. The Bertz CT molecular complexity index is 1600. The maximum absolute atomic E-state index is 13.1. The minimum absolute atomic E-state index is 0.0641. The normalized spacial score (nSPS) is 17.2. The largest absolute Gasteiger partial charge is 0.478 e. The first-order chi connectivity index (χ1) is 20.1. The van der Waals surface area contributed by atoms with Gasteiger partial charge in [0.15, 0.2) is 0 Å². The van der Waals surface area contributed by atoms with Crippen molar-refractivity contribution in [2.45, 2.75) is 4.90 Å². The van der Waals surface area contributed by atoms with E-state index in [9.17, 15) is 23.1 Å². The number of aromatic carboxylic acids is 1. The van der Waals surface area contributed by atoms with Crippen LogP contribution < -0.4 is 10.6 Å². The fourth-order valence-electron chi connectivity index (χ4n) is 4.88. The van der Waals surface area contributed by atoms with Crippen LogP contribution in [0.25, 0.3) is 11.3 Å². The first kappa shape index (κ1) is 29.4. The maximum atomic E-state index is 13.1. The summed E-state index contributed by atoms with van der Waals surface area (Å²) in [5, 5.41) is 15.4. The topological polar surface area (TPSA) is 132 Å². The van der Waals surface area contributed by atoms with Crippen molar-refractivity contribution >= 4 is 44.5 Å². The van der Waals surface area contributed by atoms with Crippen molar-refractivity contribution < 1.29 is 28.0 Å². The van der Waals surface area contributed by atoms with Gasteiger partial charge in [-0.3, -0.25) is 14.5 Å². The van der Waals surface area contributed by atoms with Crippen LogP contribution in [0.5, 0.6) is 0 Å². The van der Waals surface area contributed by atoms with E-state index in [2.05, 4.69) is 27.5 Å². The number of hydrogen-bond donors (Lipinski definition) is 3. The Kier molecular flexibility index (Phi) is 8.71. The second-order valence-electron chi connectivity index (χ2n) is 10.2. The Morgan fingerprint density at radius 2 is 1.69 bits per heavy atom. The van der Waals surface area contributed by atoms with Gasteiger partial charge in [-0.05, 0) is 49.0 Å². The molecule has 3 N–H and O–H groups in total. The summed E-state index contributed by atoms with van der Waals surface area (Å²) in [5.41, 5.74) is 3.15. The lowest BCUT2D eigenvalue weighted by Gasteiger charge is -2.32. The highest BCUT2D eigenvalue weighted by atomic mass is 32.2. The second-order valence-corrected chi connectivity index (χ2v) is 12.1. The smallest absolute Gasteiger partial charge is 0.335 e. The SMILES string of the molecule is CN1CCN(CCON(C)S(=O)(=O)c2ccc(NC(=C3C(=O)Nc4cc(C(=O)O)ccc43)c3ccccc3)cc2)CC1. The number of benzene rings is 3. The average molecular weight is 592 g/mol. The fourth-order valence-corrected chi connectivity index (χ4v) is 5.87. The first-order valence-electron chi connectivity index (χ1n) is 13.5. The summed E-state index contributed by atoms with van der Waals surface area (Å²) in [6, 6.07) is 19.9. The number of piperazine rings is 1. The Labute approximate surface area is 245 Å². The van der Waals surface area contributed by atoms with E-state index < -0.39 is 16.0 Å². The van der Waals surface area contributed by atoms with E-state index in [1.807, 2.05) is 30.3 Å². The number of sulfonamides is 1. The van der Waals surface area contributed by atoms with Crippen LogP contribution in [0.3, 0.4) is 0 Å². The van der Waals surface area contributed by atoms with E-state index in [0.717, 1.165) is 36.2 Å². The van der Waals surface area contributed by atoms with Crippen molar-refractivity contribution in [3.8, 4) is 0 Å². The number of anilines is 2. The number of carbonyl (C=O) groups is 2. The number of carboxylic acids is 1. The molecule has 1 fully saturated rings. The Hall–Kier alpha value is -4.07. The summed E-state index contributed by atoms with van der Waals surface area (Å²) in [6.07, 6.45) is 0. The molecule has 2 aliphatic heterocycles. The Morgan fingerprint density at radius 1 is 1.00 bits per heavy atom. The molecule has 0 radical (unpaired) electrons. The molecule has 1 amide bonds. The molecule has 3 aromatic rings. The van der Waals surface area contributed by atoms with Gasteiger partial charge in [0, 0.05) is 51.0 Å². The van der Waals surface area contributed by atoms with Crippen molar-refractivity contribution in [3.05, 3.63) is 89.5 Å². The third kappa shape index (κ3) is 6.37. The molecule has 0 bridgehead atoms. The Morgan fingerprint density at radius 3 is 2.36 bits per heavy atom. The zero-order valence-corrected chi connectivity index (χ0v) is 24.2. The van der Waals surface area contributed by atoms with E-state index in [0.29, 0.717) is 34.8 Å². The van der Waals surface area contributed by atoms with Gasteiger partial charge >= 0.3 is 5.97 Å². The van der Waals surface area contributed by atoms with Gasteiger partial charge in [0.1, 0.15) is 0 Å². The number of likely N-dealkylation sites (N-methyl/N-ethyl adjacent to an activating group) is 1. The highest BCUT2D eigenvalue weighted by Gasteiger charge is 2.29. The number of fused-ring (bicyclic) bond motifs is 1. The van der Waals surface area contributed by atoms with E-state index >= 15 is 0 Å². The van der Waals surface area contributed by atoms with Gasteiger partial charge in [-0.2, -0.15) is 0 Å². The van der Waals surface area contributed by atoms with Crippen molar-refractivity contribution in [3.63, 3.8) is 0 Å². The molecule has 0 unspecified atom stereocenters. The third-order valence-corrected chi connectivity index (χ3v) is 9.01. The van der Waals surface area contributed by atoms with Gasteiger partial charge in [0.05, 0.1) is 34.0 Å². The summed E-state index contributed by atoms with van der Waals surface area (Å²) >= 11 is 0. The standard InChI is InChI=1S/C30H33N5O6S/c1-33-14-16-35(17-15-33)18-19-41-34(2)42(39,40)24-11-9-23(10-12-24)31-28(21-6-4-3-5-7-21)27-25-13-8-22(30(37)38)20-26(25)32-29(27)36/h3-13,20,31H,14-19H2,1-2H3,(H,32,36)(H,37,38).